The van der Waals surface area contributed by atoms with Crippen molar-refractivity contribution >= 4 is 41.1 Å². The van der Waals surface area contributed by atoms with E-state index >= 15 is 0 Å². The molecule has 1 saturated carbocycles. The van der Waals surface area contributed by atoms with Gasteiger partial charge in [0.15, 0.2) is 12.1 Å². The molecule has 0 radical (unpaired) electrons. The van der Waals surface area contributed by atoms with Crippen molar-refractivity contribution in [3.63, 3.8) is 0 Å². The topological polar surface area (TPSA) is 218 Å². The third-order valence-corrected chi connectivity index (χ3v) is 10.4. The monoisotopic (exact) mass is 812 g/mol. The molecule has 9 N–H and O–H groups in total. The Morgan fingerprint density at radius 3 is 2.28 bits per heavy atom. The summed E-state index contributed by atoms with van der Waals surface area (Å²) in [5, 5.41) is 12.8. The molecule has 15 nitrogen and oxygen atoms in total. The highest BCUT2D eigenvalue weighted by molar-refractivity contribution is 6.04. The molecule has 1 aromatic carbocycles. The highest BCUT2D eigenvalue weighted by Crippen LogP contribution is 2.67. The van der Waals surface area contributed by atoms with Crippen LogP contribution >= 0.6 is 0 Å². The molecule has 2 aliphatic heterocycles. The first kappa shape index (κ1) is 43.0. The van der Waals surface area contributed by atoms with Crippen LogP contribution in [0.4, 0.5) is 32.0 Å². The molecule has 0 bridgehead atoms. The Morgan fingerprint density at radius 2 is 1.63 bits per heavy atom. The number of allylic oxidation sites excluding steroid dienone is 3. The average Bonchev–Trinajstić information content (AvgIpc) is 3.81. The number of hydrogen-bond donors (Lipinski definition) is 7. The van der Waals surface area contributed by atoms with Gasteiger partial charge in [0.25, 0.3) is 0 Å². The van der Waals surface area contributed by atoms with Crippen molar-refractivity contribution in [3.05, 3.63) is 64.8 Å². The third-order valence-electron chi connectivity index (χ3n) is 10.4. The number of rotatable bonds is 17. The number of quaternary nitrogens is 1. The molecule has 310 valence electrons. The van der Waals surface area contributed by atoms with E-state index in [4.69, 9.17) is 11.5 Å². The minimum Gasteiger partial charge on any atom is -0.355 e. The number of fused-ring (bicyclic) bond motifs is 2. The summed E-state index contributed by atoms with van der Waals surface area (Å²) in [4.78, 5) is 79.8. The third kappa shape index (κ3) is 9.05. The summed E-state index contributed by atoms with van der Waals surface area (Å²) in [6.07, 6.45) is -7.29. The van der Waals surface area contributed by atoms with Crippen molar-refractivity contribution in [2.24, 2.45) is 17.4 Å². The molecular formula is C36H44F6N9O6+. The van der Waals surface area contributed by atoms with Gasteiger partial charge in [0, 0.05) is 44.2 Å². The Morgan fingerprint density at radius 1 is 0.930 bits per heavy atom. The van der Waals surface area contributed by atoms with Crippen LogP contribution in [0.15, 0.2) is 59.2 Å². The van der Waals surface area contributed by atoms with Crippen LogP contribution in [-0.2, 0) is 34.9 Å². The molecule has 0 spiro atoms. The zero-order valence-corrected chi connectivity index (χ0v) is 30.8. The van der Waals surface area contributed by atoms with E-state index < -0.39 is 101 Å². The second kappa shape index (κ2) is 17.2. The van der Waals surface area contributed by atoms with Crippen LogP contribution in [0.1, 0.15) is 24.8 Å². The number of carbonyl (C=O) groups excluding carboxylic acids is 6. The molecule has 21 heteroatoms. The fourth-order valence-electron chi connectivity index (χ4n) is 7.84. The molecule has 1 saturated heterocycles. The van der Waals surface area contributed by atoms with Gasteiger partial charge in [-0.2, -0.15) is 26.3 Å². The SMILES string of the molecule is CNCC(=O)NCCCN(CCNC(=O)CN)C(=O)CC(NC(=O)CN)C(=O)NC1CC2=C3C(C=C(C(F)(F)F)C=C2)C2C3[N+]2(c2cccc(C(F)(F)F)c2)C1=O. The molecule has 6 amide bonds. The van der Waals surface area contributed by atoms with Crippen molar-refractivity contribution in [2.45, 2.75) is 55.8 Å². The summed E-state index contributed by atoms with van der Waals surface area (Å²) in [5.41, 5.74) is 9.40. The molecule has 2 aliphatic carbocycles. The van der Waals surface area contributed by atoms with Gasteiger partial charge in [-0.05, 0) is 31.2 Å². The first-order chi connectivity index (χ1) is 26.9. The van der Waals surface area contributed by atoms with Crippen LogP contribution in [0, 0.1) is 5.92 Å². The van der Waals surface area contributed by atoms with Crippen LogP contribution in [0.3, 0.4) is 0 Å². The summed E-state index contributed by atoms with van der Waals surface area (Å²) in [6, 6.07) is -0.832. The number of amides is 6. The molecular weight excluding hydrogens is 768 g/mol. The van der Waals surface area contributed by atoms with Crippen molar-refractivity contribution in [3.8, 4) is 0 Å². The van der Waals surface area contributed by atoms with Gasteiger partial charge in [-0.1, -0.05) is 24.3 Å². The standard InChI is InChI=1S/C36H43F6N9O6/c1-45-18-28(54)46-8-3-10-50(11-9-47-26(52)16-43)29(55)15-24(48-27(53)17-44)33(56)49-25-12-19-6-7-21(36(40,41)42)14-23-30(19)32-31(23)51(32,34(25)57)22-5-2-4-20(13-22)35(37,38)39/h2,4-7,13-14,23-25,31-32,45H,3,8-12,15-18,43-44H2,1H3,(H3-,46,47,48,49,52,53,54,56)/p+1. The number of nitrogens with one attached hydrogen (secondary N) is 5. The smallest absolute Gasteiger partial charge is 0.355 e. The first-order valence-electron chi connectivity index (χ1n) is 18.1. The molecule has 2 fully saturated rings. The van der Waals surface area contributed by atoms with E-state index in [1.165, 1.54) is 17.0 Å². The fraction of sp³-hybridized carbons (Fsp3) is 0.500. The van der Waals surface area contributed by atoms with Crippen LogP contribution in [-0.4, -0.2) is 124 Å². The lowest BCUT2D eigenvalue weighted by Gasteiger charge is -2.29. The van der Waals surface area contributed by atoms with E-state index in [-0.39, 0.29) is 63.7 Å². The van der Waals surface area contributed by atoms with Gasteiger partial charge < -0.3 is 43.0 Å². The van der Waals surface area contributed by atoms with E-state index in [0.717, 1.165) is 30.4 Å². The minimum absolute atomic E-state index is 0.0365. The van der Waals surface area contributed by atoms with Gasteiger partial charge in [-0.25, -0.2) is 9.28 Å². The average molecular weight is 813 g/mol. The Kier molecular flexibility index (Phi) is 13.0. The number of nitrogens with two attached hydrogens (primary N) is 2. The Labute approximate surface area is 322 Å². The first-order valence-corrected chi connectivity index (χ1v) is 18.1. The molecule has 6 atom stereocenters. The maximum atomic E-state index is 14.7. The van der Waals surface area contributed by atoms with E-state index in [2.05, 4.69) is 26.6 Å². The lowest BCUT2D eigenvalue weighted by atomic mass is 9.75. The number of benzene rings is 1. The lowest BCUT2D eigenvalue weighted by Crippen LogP contribution is -2.57. The molecule has 2 heterocycles. The second-order valence-electron chi connectivity index (χ2n) is 14.0. The predicted molar refractivity (Wildman–Crippen MR) is 192 cm³/mol. The second-order valence-corrected chi connectivity index (χ2v) is 14.0. The number of nitrogens with zero attached hydrogens (tertiary/aromatic N) is 2. The van der Waals surface area contributed by atoms with Gasteiger partial charge in [-0.3, -0.25) is 24.0 Å². The van der Waals surface area contributed by atoms with Gasteiger partial charge in [-0.15, -0.1) is 0 Å². The van der Waals surface area contributed by atoms with Crippen molar-refractivity contribution in [2.75, 3.05) is 52.9 Å². The quantitative estimate of drug-likeness (QED) is 0.0472. The van der Waals surface area contributed by atoms with Crippen molar-refractivity contribution in [1.82, 2.24) is 36.0 Å². The summed E-state index contributed by atoms with van der Waals surface area (Å²) in [5.74, 6) is -5.08. The lowest BCUT2D eigenvalue weighted by molar-refractivity contribution is -0.138. The van der Waals surface area contributed by atoms with Crippen molar-refractivity contribution in [1.29, 1.82) is 0 Å². The number of carbonyl (C=O) groups is 6. The zero-order valence-electron chi connectivity index (χ0n) is 30.8. The largest absolute Gasteiger partial charge is 0.416 e. The Hall–Kier alpha value is -5.12. The van der Waals surface area contributed by atoms with E-state index in [1.807, 2.05) is 0 Å². The normalized spacial score (nSPS) is 23.8. The summed E-state index contributed by atoms with van der Waals surface area (Å²) >= 11 is 0. The molecule has 57 heavy (non-hydrogen) atoms. The van der Waals surface area contributed by atoms with Crippen LogP contribution in [0.25, 0.3) is 0 Å². The Bertz CT molecular complexity index is 1880. The number of likely N-dealkylation sites (N-methyl/N-ethyl adjacent to an activating group) is 1. The van der Waals surface area contributed by atoms with Crippen molar-refractivity contribution < 1.29 is 55.1 Å². The molecule has 4 aliphatic rings. The fourth-order valence-corrected chi connectivity index (χ4v) is 7.84. The van der Waals surface area contributed by atoms with Crippen LogP contribution in [0.5, 0.6) is 0 Å². The van der Waals surface area contributed by atoms with E-state index in [0.29, 0.717) is 11.1 Å². The predicted octanol–water partition coefficient (Wildman–Crippen LogP) is -0.374. The minimum atomic E-state index is -4.81. The maximum Gasteiger partial charge on any atom is 0.416 e. The summed E-state index contributed by atoms with van der Waals surface area (Å²) < 4.78 is 82.9. The summed E-state index contributed by atoms with van der Waals surface area (Å²) in [6.45, 7) is -0.760. The summed E-state index contributed by atoms with van der Waals surface area (Å²) in [7, 11) is 1.59. The zero-order chi connectivity index (χ0) is 41.9. The van der Waals surface area contributed by atoms with Crippen LogP contribution < -0.4 is 42.5 Å². The maximum absolute atomic E-state index is 14.7. The van der Waals surface area contributed by atoms with E-state index in [1.54, 1.807) is 7.05 Å². The number of hydrogen-bond acceptors (Lipinski definition) is 9. The molecule has 6 unspecified atom stereocenters. The van der Waals surface area contributed by atoms with Crippen LogP contribution in [0.2, 0.25) is 0 Å². The van der Waals surface area contributed by atoms with Gasteiger partial charge in [0.05, 0.1) is 43.1 Å². The number of alkyl halides is 6. The molecule has 1 aromatic rings. The van der Waals surface area contributed by atoms with E-state index in [9.17, 15) is 55.1 Å². The Balaban J connectivity index is 1.43. The number of halogens is 6. The highest BCUT2D eigenvalue weighted by Gasteiger charge is 2.86. The molecule has 5 rings (SSSR count). The molecule has 0 aromatic heterocycles. The highest BCUT2D eigenvalue weighted by atomic mass is 19.4. The van der Waals surface area contributed by atoms with Gasteiger partial charge >= 0.3 is 18.3 Å². The van der Waals surface area contributed by atoms with Gasteiger partial charge in [0.1, 0.15) is 17.8 Å². The van der Waals surface area contributed by atoms with Gasteiger partial charge in [0.2, 0.25) is 29.5 Å².